The number of pyridine rings is 1. The summed E-state index contributed by atoms with van der Waals surface area (Å²) in [7, 11) is -3.42. The van der Waals surface area contributed by atoms with Crippen molar-refractivity contribution in [1.29, 1.82) is 0 Å². The van der Waals surface area contributed by atoms with Crippen LogP contribution in [0, 0.1) is 5.92 Å². The molecule has 0 saturated carbocycles. The van der Waals surface area contributed by atoms with E-state index in [4.69, 9.17) is 0 Å². The summed E-state index contributed by atoms with van der Waals surface area (Å²) in [6, 6.07) is 1.66. The van der Waals surface area contributed by atoms with E-state index in [1.165, 1.54) is 6.20 Å². The molecule has 0 aromatic carbocycles. The van der Waals surface area contributed by atoms with Gasteiger partial charge in [0.1, 0.15) is 4.90 Å². The Labute approximate surface area is 117 Å². The number of hydrogen-bond acceptors (Lipinski definition) is 3. The molecule has 2 rings (SSSR count). The normalized spacial score (nSPS) is 26.2. The fourth-order valence-electron chi connectivity index (χ4n) is 2.41. The number of sulfonamides is 1. The molecule has 18 heavy (non-hydrogen) atoms. The molecule has 2 unspecified atom stereocenters. The van der Waals surface area contributed by atoms with Gasteiger partial charge >= 0.3 is 0 Å². The Balaban J connectivity index is 2.31. The Kier molecular flexibility index (Phi) is 4.08. The van der Waals surface area contributed by atoms with Crippen LogP contribution in [0.4, 0.5) is 0 Å². The maximum Gasteiger partial charge on any atom is 0.244 e. The first-order chi connectivity index (χ1) is 8.41. The number of nitrogens with zero attached hydrogens (tertiary/aromatic N) is 2. The Bertz CT molecular complexity index is 533. The van der Waals surface area contributed by atoms with E-state index in [-0.39, 0.29) is 10.9 Å². The Morgan fingerprint density at radius 1 is 1.39 bits per heavy atom. The van der Waals surface area contributed by atoms with Gasteiger partial charge in [0.2, 0.25) is 10.0 Å². The lowest BCUT2D eigenvalue weighted by Gasteiger charge is -2.35. The highest BCUT2D eigenvalue weighted by Crippen LogP contribution is 2.28. The van der Waals surface area contributed by atoms with Crippen LogP contribution in [0.3, 0.4) is 0 Å². The minimum atomic E-state index is -3.42. The topological polar surface area (TPSA) is 50.3 Å². The molecule has 0 spiro atoms. The third-order valence-electron chi connectivity index (χ3n) is 3.36. The summed E-state index contributed by atoms with van der Waals surface area (Å²) in [5.74, 6) is 0.590. The molecule has 1 aliphatic heterocycles. The molecule has 0 N–H and O–H groups in total. The summed E-state index contributed by atoms with van der Waals surface area (Å²) in [5.41, 5.74) is 0. The van der Waals surface area contributed by atoms with Gasteiger partial charge in [0, 0.05) is 29.5 Å². The summed E-state index contributed by atoms with van der Waals surface area (Å²) in [6.07, 6.45) is 4.83. The van der Waals surface area contributed by atoms with Crippen molar-refractivity contribution in [2.45, 2.75) is 37.6 Å². The molecular formula is C12H17BrN2O2S. The van der Waals surface area contributed by atoms with Gasteiger partial charge in [0.05, 0.1) is 0 Å². The van der Waals surface area contributed by atoms with E-state index in [0.717, 1.165) is 12.8 Å². The van der Waals surface area contributed by atoms with Gasteiger partial charge in [-0.15, -0.1) is 0 Å². The van der Waals surface area contributed by atoms with Crippen molar-refractivity contribution in [3.63, 3.8) is 0 Å². The maximum absolute atomic E-state index is 12.5. The number of rotatable bonds is 2. The van der Waals surface area contributed by atoms with Crippen molar-refractivity contribution in [3.05, 3.63) is 22.9 Å². The predicted octanol–water partition coefficient (Wildman–Crippen LogP) is 2.65. The fourth-order valence-corrected chi connectivity index (χ4v) is 4.57. The molecule has 0 aliphatic carbocycles. The van der Waals surface area contributed by atoms with Crippen LogP contribution in [0.15, 0.2) is 27.8 Å². The van der Waals surface area contributed by atoms with E-state index >= 15 is 0 Å². The lowest BCUT2D eigenvalue weighted by molar-refractivity contribution is 0.220. The van der Waals surface area contributed by atoms with Crippen molar-refractivity contribution in [2.75, 3.05) is 6.54 Å². The lowest BCUT2D eigenvalue weighted by Crippen LogP contribution is -2.44. The van der Waals surface area contributed by atoms with Crippen molar-refractivity contribution in [2.24, 2.45) is 5.92 Å². The van der Waals surface area contributed by atoms with E-state index in [2.05, 4.69) is 27.8 Å². The first-order valence-electron chi connectivity index (χ1n) is 6.03. The minimum absolute atomic E-state index is 0.0535. The third kappa shape index (κ3) is 2.75. The van der Waals surface area contributed by atoms with Crippen LogP contribution in [-0.4, -0.2) is 30.3 Å². The molecule has 4 nitrogen and oxygen atoms in total. The molecule has 0 radical (unpaired) electrons. The second-order valence-electron chi connectivity index (χ2n) is 4.93. The average molecular weight is 333 g/mol. The van der Waals surface area contributed by atoms with E-state index < -0.39 is 10.0 Å². The Morgan fingerprint density at radius 3 is 2.72 bits per heavy atom. The van der Waals surface area contributed by atoms with Gasteiger partial charge in [-0.1, -0.05) is 6.92 Å². The number of hydrogen-bond donors (Lipinski definition) is 0. The largest absolute Gasteiger partial charge is 0.262 e. The van der Waals surface area contributed by atoms with Crippen LogP contribution in [0.5, 0.6) is 0 Å². The van der Waals surface area contributed by atoms with Gasteiger partial charge in [0.25, 0.3) is 0 Å². The molecule has 2 atom stereocenters. The molecule has 2 heterocycles. The zero-order valence-corrected chi connectivity index (χ0v) is 12.9. The van der Waals surface area contributed by atoms with Gasteiger partial charge in [0.15, 0.2) is 0 Å². The van der Waals surface area contributed by atoms with Crippen LogP contribution >= 0.6 is 15.9 Å². The van der Waals surface area contributed by atoms with Gasteiger partial charge in [-0.05, 0) is 47.7 Å². The van der Waals surface area contributed by atoms with E-state index in [0.29, 0.717) is 16.9 Å². The molecule has 1 aliphatic rings. The summed E-state index contributed by atoms with van der Waals surface area (Å²) in [5, 5.41) is 0. The van der Waals surface area contributed by atoms with Crippen LogP contribution in [0.1, 0.15) is 26.7 Å². The average Bonchev–Trinajstić information content (AvgIpc) is 2.28. The molecule has 1 aromatic heterocycles. The van der Waals surface area contributed by atoms with Gasteiger partial charge < -0.3 is 0 Å². The molecule has 100 valence electrons. The van der Waals surface area contributed by atoms with E-state index in [1.54, 1.807) is 16.6 Å². The van der Waals surface area contributed by atoms with Crippen molar-refractivity contribution in [3.8, 4) is 0 Å². The molecule has 1 aromatic rings. The first-order valence-corrected chi connectivity index (χ1v) is 8.27. The minimum Gasteiger partial charge on any atom is -0.262 e. The molecule has 1 saturated heterocycles. The predicted molar refractivity (Wildman–Crippen MR) is 73.7 cm³/mol. The fraction of sp³-hybridized carbons (Fsp3) is 0.583. The zero-order valence-electron chi connectivity index (χ0n) is 10.5. The maximum atomic E-state index is 12.5. The second-order valence-corrected chi connectivity index (χ2v) is 7.74. The second kappa shape index (κ2) is 5.27. The smallest absolute Gasteiger partial charge is 0.244 e. The van der Waals surface area contributed by atoms with Gasteiger partial charge in [-0.3, -0.25) is 4.98 Å². The molecule has 0 amide bonds. The Hall–Kier alpha value is -0.460. The standard InChI is InChI=1S/C12H17BrN2O2S/c1-9-3-4-15(10(2)5-9)18(16,17)12-6-11(13)7-14-8-12/h6-10H,3-5H2,1-2H3. The quantitative estimate of drug-likeness (QED) is 0.836. The van der Waals surface area contributed by atoms with Gasteiger partial charge in [-0.2, -0.15) is 4.31 Å². The number of piperidine rings is 1. The summed E-state index contributed by atoms with van der Waals surface area (Å²) in [4.78, 5) is 4.19. The molecule has 6 heteroatoms. The molecule has 1 fully saturated rings. The van der Waals surface area contributed by atoms with Crippen LogP contribution in [0.2, 0.25) is 0 Å². The molecular weight excluding hydrogens is 316 g/mol. The highest BCUT2D eigenvalue weighted by Gasteiger charge is 2.33. The van der Waals surface area contributed by atoms with Crippen LogP contribution in [0.25, 0.3) is 0 Å². The van der Waals surface area contributed by atoms with Crippen molar-refractivity contribution < 1.29 is 8.42 Å². The van der Waals surface area contributed by atoms with Crippen molar-refractivity contribution in [1.82, 2.24) is 9.29 Å². The third-order valence-corrected chi connectivity index (χ3v) is 5.78. The Morgan fingerprint density at radius 2 is 2.11 bits per heavy atom. The van der Waals surface area contributed by atoms with E-state index in [1.807, 2.05) is 6.92 Å². The lowest BCUT2D eigenvalue weighted by atomic mass is 9.95. The van der Waals surface area contributed by atoms with Gasteiger partial charge in [-0.25, -0.2) is 8.42 Å². The first kappa shape index (κ1) is 14.0. The number of halogens is 1. The SMILES string of the molecule is CC1CCN(S(=O)(=O)c2cncc(Br)c2)C(C)C1. The van der Waals surface area contributed by atoms with E-state index in [9.17, 15) is 8.42 Å². The summed E-state index contributed by atoms with van der Waals surface area (Å²) < 4.78 is 27.3. The number of aromatic nitrogens is 1. The highest BCUT2D eigenvalue weighted by molar-refractivity contribution is 9.10. The zero-order chi connectivity index (χ0) is 13.3. The monoisotopic (exact) mass is 332 g/mol. The summed E-state index contributed by atoms with van der Waals surface area (Å²) in [6.45, 7) is 4.73. The molecule has 0 bridgehead atoms. The highest BCUT2D eigenvalue weighted by atomic mass is 79.9. The summed E-state index contributed by atoms with van der Waals surface area (Å²) >= 11 is 3.26. The van der Waals surface area contributed by atoms with Crippen molar-refractivity contribution >= 4 is 26.0 Å². The van der Waals surface area contributed by atoms with Crippen LogP contribution in [-0.2, 0) is 10.0 Å². The van der Waals surface area contributed by atoms with Crippen LogP contribution < -0.4 is 0 Å².